The average Bonchev–Trinajstić information content (AvgIpc) is 3.32. The van der Waals surface area contributed by atoms with Crippen LogP contribution in [0.2, 0.25) is 0 Å². The Morgan fingerprint density at radius 2 is 0.576 bits per heavy atom. The predicted octanol–water partition coefficient (Wildman–Crippen LogP) is 17.8. The van der Waals surface area contributed by atoms with Crippen molar-refractivity contribution in [2.24, 2.45) is 11.8 Å². The lowest BCUT2D eigenvalue weighted by Crippen LogP contribution is -2.45. The fraction of sp³-hybridized carbons (Fsp3) is 0.931. The largest absolute Gasteiger partial charge is 0.480 e. The summed E-state index contributed by atoms with van der Waals surface area (Å²) in [6.07, 6.45) is 49.3. The predicted molar refractivity (Wildman–Crippen MR) is 287 cm³/mol. The first kappa shape index (κ1) is 70.4. The van der Waals surface area contributed by atoms with Gasteiger partial charge in [-0.3, -0.25) is 9.59 Å². The van der Waals surface area contributed by atoms with Crippen molar-refractivity contribution in [3.63, 3.8) is 0 Å². The number of unbranched alkanes of at least 4 members (excludes halogenated alkanes) is 31. The summed E-state index contributed by atoms with van der Waals surface area (Å²) in [6.45, 7) is 21.3. The highest BCUT2D eigenvalue weighted by atomic mass is 16.5. The normalized spacial score (nSPS) is 12.5. The molecule has 0 aliphatic rings. The minimum absolute atomic E-state index is 0.0366. The first-order valence-electron chi connectivity index (χ1n) is 28.8. The van der Waals surface area contributed by atoms with E-state index in [0.29, 0.717) is 12.8 Å². The molecule has 0 spiro atoms. The number of hydrogen-bond acceptors (Lipinski definition) is 5. The SMILES string of the molecule is CCCCCCCCCC(=O)NC(C(=O)O)C(C)CC.CCCCCCCCCC(=O)NC(C(=O)OC)C(C)CC.CCCCCCCCCCCC.CCCCCCCCCCCCC. The highest BCUT2D eigenvalue weighted by Crippen LogP contribution is 2.15. The molecular weight excluding hydrogens is 821 g/mol. The summed E-state index contributed by atoms with van der Waals surface area (Å²) in [5, 5.41) is 14.6. The van der Waals surface area contributed by atoms with E-state index in [2.05, 4.69) is 52.2 Å². The van der Waals surface area contributed by atoms with Gasteiger partial charge in [-0.25, -0.2) is 9.59 Å². The molecule has 66 heavy (non-hydrogen) atoms. The van der Waals surface area contributed by atoms with Gasteiger partial charge in [-0.1, -0.05) is 294 Å². The summed E-state index contributed by atoms with van der Waals surface area (Å²) in [7, 11) is 1.36. The van der Waals surface area contributed by atoms with Crippen LogP contribution in [0.15, 0.2) is 0 Å². The molecule has 396 valence electrons. The number of hydrogen-bond donors (Lipinski definition) is 3. The Morgan fingerprint density at radius 3 is 0.788 bits per heavy atom. The van der Waals surface area contributed by atoms with Gasteiger partial charge in [0.2, 0.25) is 11.8 Å². The van der Waals surface area contributed by atoms with Crippen molar-refractivity contribution in [1.29, 1.82) is 0 Å². The second-order valence-corrected chi connectivity index (χ2v) is 19.5. The van der Waals surface area contributed by atoms with E-state index in [4.69, 9.17) is 9.84 Å². The molecule has 0 saturated carbocycles. The van der Waals surface area contributed by atoms with E-state index in [9.17, 15) is 19.2 Å². The molecule has 8 nitrogen and oxygen atoms in total. The van der Waals surface area contributed by atoms with Crippen LogP contribution in [-0.4, -0.2) is 48.1 Å². The summed E-state index contributed by atoms with van der Waals surface area (Å²) in [4.78, 5) is 46.4. The number of amides is 2. The van der Waals surface area contributed by atoms with Crippen LogP contribution >= 0.6 is 0 Å². The van der Waals surface area contributed by atoms with Crippen molar-refractivity contribution >= 4 is 23.8 Å². The molecule has 4 unspecified atom stereocenters. The number of carbonyl (C=O) groups is 4. The summed E-state index contributed by atoms with van der Waals surface area (Å²) in [6, 6.07) is -1.27. The van der Waals surface area contributed by atoms with Crippen LogP contribution in [0.4, 0.5) is 0 Å². The average molecular weight is 940 g/mol. The van der Waals surface area contributed by atoms with Gasteiger partial charge in [0.25, 0.3) is 0 Å². The zero-order chi connectivity index (χ0) is 50.3. The van der Waals surface area contributed by atoms with E-state index in [1.165, 1.54) is 206 Å². The Labute approximate surface area is 412 Å². The highest BCUT2D eigenvalue weighted by Gasteiger charge is 2.26. The molecule has 0 aliphatic heterocycles. The molecule has 0 aromatic heterocycles. The monoisotopic (exact) mass is 939 g/mol. The van der Waals surface area contributed by atoms with E-state index in [-0.39, 0.29) is 29.6 Å². The molecule has 0 bridgehead atoms. The highest BCUT2D eigenvalue weighted by molar-refractivity contribution is 5.84. The van der Waals surface area contributed by atoms with Gasteiger partial charge < -0.3 is 20.5 Å². The molecule has 0 saturated heterocycles. The molecule has 0 aliphatic carbocycles. The Hall–Kier alpha value is -2.12. The fourth-order valence-corrected chi connectivity index (χ4v) is 7.75. The van der Waals surface area contributed by atoms with Crippen molar-refractivity contribution < 1.29 is 29.0 Å². The number of carboxylic acids is 1. The fourth-order valence-electron chi connectivity index (χ4n) is 7.75. The summed E-state index contributed by atoms with van der Waals surface area (Å²) < 4.78 is 4.76. The number of ether oxygens (including phenoxy) is 1. The smallest absolute Gasteiger partial charge is 0.328 e. The topological polar surface area (TPSA) is 122 Å². The lowest BCUT2D eigenvalue weighted by molar-refractivity contribution is -0.146. The maximum atomic E-state index is 11.9. The number of carbonyl (C=O) groups excluding carboxylic acids is 3. The van der Waals surface area contributed by atoms with Crippen LogP contribution in [0.1, 0.15) is 320 Å². The lowest BCUT2D eigenvalue weighted by atomic mass is 9.99. The van der Waals surface area contributed by atoms with Crippen LogP contribution in [0.3, 0.4) is 0 Å². The minimum atomic E-state index is -0.938. The third kappa shape index (κ3) is 54.5. The molecule has 8 heteroatoms. The standard InChI is InChI=1S/C17H33NO3.C16H31NO3.C13H28.C12H26/c1-5-7-8-9-10-11-12-13-15(19)18-16(14(3)6-2)17(20)21-4;1-4-6-7-8-9-10-11-12-14(18)17-15(16(19)20)13(3)5-2;1-3-5-7-9-11-13-12-10-8-6-4-2;1-3-5-7-9-11-12-10-8-6-4-2/h14,16H,5-13H2,1-4H3,(H,18,19);13,15H,4-12H2,1-3H3,(H,17,18)(H,19,20);3-13H2,1-2H3;3-12H2,1-2H3. The quantitative estimate of drug-likeness (QED) is 0.0413. The lowest BCUT2D eigenvalue weighted by Gasteiger charge is -2.21. The van der Waals surface area contributed by atoms with Crippen molar-refractivity contribution in [3.8, 4) is 0 Å². The maximum Gasteiger partial charge on any atom is 0.328 e. The van der Waals surface area contributed by atoms with Crippen molar-refractivity contribution in [3.05, 3.63) is 0 Å². The van der Waals surface area contributed by atoms with Gasteiger partial charge in [-0.15, -0.1) is 0 Å². The number of nitrogens with one attached hydrogen (secondary N) is 2. The van der Waals surface area contributed by atoms with Crippen LogP contribution in [0.5, 0.6) is 0 Å². The van der Waals surface area contributed by atoms with E-state index in [0.717, 1.165) is 38.5 Å². The van der Waals surface area contributed by atoms with Crippen molar-refractivity contribution in [2.45, 2.75) is 332 Å². The molecule has 4 atom stereocenters. The molecule has 0 radical (unpaired) electrons. The second kappa shape index (κ2) is 59.0. The molecule has 2 amide bonds. The number of carboxylic acid groups (broad SMARTS) is 1. The van der Waals surface area contributed by atoms with E-state index < -0.39 is 18.1 Å². The molecule has 3 N–H and O–H groups in total. The second-order valence-electron chi connectivity index (χ2n) is 19.5. The minimum Gasteiger partial charge on any atom is -0.480 e. The van der Waals surface area contributed by atoms with E-state index in [1.807, 2.05) is 27.7 Å². The van der Waals surface area contributed by atoms with Gasteiger partial charge in [0.15, 0.2) is 0 Å². The van der Waals surface area contributed by atoms with E-state index in [1.54, 1.807) is 0 Å². The Bertz CT molecular complexity index is 986. The summed E-state index contributed by atoms with van der Waals surface area (Å²) >= 11 is 0. The molecule has 0 aromatic carbocycles. The van der Waals surface area contributed by atoms with Crippen molar-refractivity contribution in [1.82, 2.24) is 10.6 Å². The number of esters is 1. The van der Waals surface area contributed by atoms with Gasteiger partial charge in [0.1, 0.15) is 12.1 Å². The summed E-state index contributed by atoms with van der Waals surface area (Å²) in [5.41, 5.74) is 0. The molecule has 0 aromatic rings. The van der Waals surface area contributed by atoms with Crippen LogP contribution < -0.4 is 10.6 Å². The zero-order valence-corrected chi connectivity index (χ0v) is 46.4. The third-order valence-electron chi connectivity index (χ3n) is 13.0. The van der Waals surface area contributed by atoms with Gasteiger partial charge in [0.05, 0.1) is 7.11 Å². The van der Waals surface area contributed by atoms with Crippen molar-refractivity contribution in [2.75, 3.05) is 7.11 Å². The third-order valence-corrected chi connectivity index (χ3v) is 13.0. The summed E-state index contributed by atoms with van der Waals surface area (Å²) in [5.74, 6) is -1.41. The van der Waals surface area contributed by atoms with Gasteiger partial charge in [0, 0.05) is 12.8 Å². The number of aliphatic carboxylic acids is 1. The van der Waals surface area contributed by atoms with Gasteiger partial charge in [-0.2, -0.15) is 0 Å². The van der Waals surface area contributed by atoms with Crippen LogP contribution in [0.25, 0.3) is 0 Å². The van der Waals surface area contributed by atoms with Gasteiger partial charge in [-0.05, 0) is 24.7 Å². The molecule has 0 rings (SSSR count). The Kier molecular flexibility index (Phi) is 63.0. The molecule has 0 heterocycles. The van der Waals surface area contributed by atoms with Crippen LogP contribution in [0, 0.1) is 11.8 Å². The Morgan fingerprint density at radius 1 is 0.364 bits per heavy atom. The molecular formula is C58H118N2O6. The molecule has 0 fully saturated rings. The van der Waals surface area contributed by atoms with Crippen LogP contribution in [-0.2, 0) is 23.9 Å². The Balaban J connectivity index is -0.000000399. The number of rotatable bonds is 43. The first-order valence-corrected chi connectivity index (χ1v) is 28.8. The number of methoxy groups -OCH3 is 1. The maximum absolute atomic E-state index is 11.9. The van der Waals surface area contributed by atoms with E-state index >= 15 is 0 Å². The van der Waals surface area contributed by atoms with Gasteiger partial charge >= 0.3 is 11.9 Å². The zero-order valence-electron chi connectivity index (χ0n) is 46.4. The first-order chi connectivity index (χ1) is 31.9.